The second kappa shape index (κ2) is 7.11. The number of amides is 1. The Morgan fingerprint density at radius 1 is 1.04 bits per heavy atom. The first-order valence-corrected chi connectivity index (χ1v) is 8.80. The minimum absolute atomic E-state index is 0.0691. The molecule has 2 aromatic rings. The van der Waals surface area contributed by atoms with Crippen molar-refractivity contribution in [2.75, 3.05) is 18.0 Å². The maximum absolute atomic E-state index is 12.2. The number of hydrogen-bond donors (Lipinski definition) is 1. The highest BCUT2D eigenvalue weighted by Crippen LogP contribution is 2.27. The van der Waals surface area contributed by atoms with Gasteiger partial charge >= 0.3 is 6.09 Å². The lowest BCUT2D eigenvalue weighted by Gasteiger charge is -2.26. The van der Waals surface area contributed by atoms with Gasteiger partial charge in [0.15, 0.2) is 0 Å². The molecule has 0 bridgehead atoms. The molecule has 2 heterocycles. The smallest absolute Gasteiger partial charge is 0.414 e. The first kappa shape index (κ1) is 15.9. The van der Waals surface area contributed by atoms with Gasteiger partial charge in [0.2, 0.25) is 0 Å². The predicted octanol–water partition coefficient (Wildman–Crippen LogP) is 3.85. The molecule has 2 unspecified atom stereocenters. The zero-order chi connectivity index (χ0) is 17.1. The lowest BCUT2D eigenvalue weighted by molar-refractivity contribution is 0.130. The highest BCUT2D eigenvalue weighted by molar-refractivity contribution is 5.89. The summed E-state index contributed by atoms with van der Waals surface area (Å²) in [6.07, 6.45) is 3.73. The van der Waals surface area contributed by atoms with Crippen LogP contribution in [-0.2, 0) is 4.74 Å². The molecule has 0 radical (unpaired) electrons. The van der Waals surface area contributed by atoms with Crippen molar-refractivity contribution in [1.82, 2.24) is 5.32 Å². The Morgan fingerprint density at radius 3 is 2.52 bits per heavy atom. The van der Waals surface area contributed by atoms with Gasteiger partial charge in [-0.2, -0.15) is 0 Å². The molecular formula is C21H22N2O2. The van der Waals surface area contributed by atoms with Crippen LogP contribution in [-0.4, -0.2) is 31.3 Å². The van der Waals surface area contributed by atoms with Crippen molar-refractivity contribution in [2.24, 2.45) is 0 Å². The SMILES string of the molecule is O=C1OC(CC2CC(c3ccccc3)=CCN2)CN1c1ccccc1. The van der Waals surface area contributed by atoms with Crippen molar-refractivity contribution in [3.05, 3.63) is 72.3 Å². The van der Waals surface area contributed by atoms with Crippen molar-refractivity contribution in [3.8, 4) is 0 Å². The second-order valence-electron chi connectivity index (χ2n) is 6.59. The molecule has 2 aliphatic heterocycles. The van der Waals surface area contributed by atoms with E-state index in [0.717, 1.165) is 25.1 Å². The maximum Gasteiger partial charge on any atom is 0.414 e. The molecule has 0 aromatic heterocycles. The van der Waals surface area contributed by atoms with E-state index in [2.05, 4.69) is 35.7 Å². The van der Waals surface area contributed by atoms with Crippen LogP contribution in [0.25, 0.3) is 5.57 Å². The van der Waals surface area contributed by atoms with E-state index in [1.807, 2.05) is 36.4 Å². The van der Waals surface area contributed by atoms with E-state index in [-0.39, 0.29) is 12.2 Å². The fraction of sp³-hybridized carbons (Fsp3) is 0.286. The van der Waals surface area contributed by atoms with Crippen LogP contribution in [0, 0.1) is 0 Å². The van der Waals surface area contributed by atoms with Gasteiger partial charge in [-0.15, -0.1) is 0 Å². The van der Waals surface area contributed by atoms with Gasteiger partial charge in [0, 0.05) is 24.7 Å². The number of carbonyl (C=O) groups is 1. The number of ether oxygens (including phenoxy) is 1. The zero-order valence-corrected chi connectivity index (χ0v) is 14.1. The van der Waals surface area contributed by atoms with Crippen molar-refractivity contribution >= 4 is 17.4 Å². The Bertz CT molecular complexity index is 758. The summed E-state index contributed by atoms with van der Waals surface area (Å²) < 4.78 is 5.60. The van der Waals surface area contributed by atoms with Crippen LogP contribution in [0.4, 0.5) is 10.5 Å². The summed E-state index contributed by atoms with van der Waals surface area (Å²) in [6.45, 7) is 1.48. The Morgan fingerprint density at radius 2 is 1.76 bits per heavy atom. The van der Waals surface area contributed by atoms with Gasteiger partial charge in [-0.1, -0.05) is 54.6 Å². The van der Waals surface area contributed by atoms with Gasteiger partial charge in [0.25, 0.3) is 0 Å². The highest BCUT2D eigenvalue weighted by Gasteiger charge is 2.34. The van der Waals surface area contributed by atoms with Gasteiger partial charge in [-0.05, 0) is 29.7 Å². The molecule has 1 N–H and O–H groups in total. The molecule has 128 valence electrons. The van der Waals surface area contributed by atoms with Crippen LogP contribution in [0.2, 0.25) is 0 Å². The number of cyclic esters (lactones) is 1. The quantitative estimate of drug-likeness (QED) is 0.923. The molecular weight excluding hydrogens is 312 g/mol. The van der Waals surface area contributed by atoms with Crippen LogP contribution in [0.15, 0.2) is 66.7 Å². The van der Waals surface area contributed by atoms with Crippen LogP contribution >= 0.6 is 0 Å². The Balaban J connectivity index is 1.39. The lowest BCUT2D eigenvalue weighted by Crippen LogP contribution is -2.37. The normalized spacial score (nSPS) is 23.3. The molecule has 4 nitrogen and oxygen atoms in total. The Hall–Kier alpha value is -2.59. The Labute approximate surface area is 148 Å². The van der Waals surface area contributed by atoms with Crippen molar-refractivity contribution in [1.29, 1.82) is 0 Å². The highest BCUT2D eigenvalue weighted by atomic mass is 16.6. The number of carbonyl (C=O) groups excluding carboxylic acids is 1. The molecule has 2 atom stereocenters. The van der Waals surface area contributed by atoms with Crippen LogP contribution in [0.1, 0.15) is 18.4 Å². The number of nitrogens with one attached hydrogen (secondary N) is 1. The molecule has 4 heteroatoms. The lowest BCUT2D eigenvalue weighted by atomic mass is 9.92. The summed E-state index contributed by atoms with van der Waals surface area (Å²) in [7, 11) is 0. The zero-order valence-electron chi connectivity index (χ0n) is 14.1. The summed E-state index contributed by atoms with van der Waals surface area (Å²) in [5.74, 6) is 0. The van der Waals surface area contributed by atoms with E-state index < -0.39 is 0 Å². The number of rotatable bonds is 4. The number of para-hydroxylation sites is 1. The van der Waals surface area contributed by atoms with E-state index in [4.69, 9.17) is 4.74 Å². The summed E-state index contributed by atoms with van der Waals surface area (Å²) in [5.41, 5.74) is 3.55. The van der Waals surface area contributed by atoms with Gasteiger partial charge in [0.05, 0.1) is 6.54 Å². The molecule has 2 aliphatic rings. The van der Waals surface area contributed by atoms with Gasteiger partial charge in [0.1, 0.15) is 6.10 Å². The van der Waals surface area contributed by atoms with Gasteiger partial charge < -0.3 is 10.1 Å². The summed E-state index contributed by atoms with van der Waals surface area (Å²) >= 11 is 0. The monoisotopic (exact) mass is 334 g/mol. The van der Waals surface area contributed by atoms with E-state index >= 15 is 0 Å². The average Bonchev–Trinajstić information content (AvgIpc) is 3.03. The number of anilines is 1. The predicted molar refractivity (Wildman–Crippen MR) is 99.5 cm³/mol. The van der Waals surface area contributed by atoms with Crippen molar-refractivity contribution in [2.45, 2.75) is 25.0 Å². The molecule has 0 saturated carbocycles. The molecule has 25 heavy (non-hydrogen) atoms. The molecule has 1 amide bonds. The standard InChI is InChI=1S/C21H22N2O2/c24-21-23(19-9-5-2-6-10-19)15-20(25-21)14-18-13-17(11-12-22-18)16-7-3-1-4-8-16/h1-11,18,20,22H,12-15H2. The summed E-state index contributed by atoms with van der Waals surface area (Å²) in [5, 5.41) is 3.53. The van der Waals surface area contributed by atoms with Crippen LogP contribution in [0.3, 0.4) is 0 Å². The topological polar surface area (TPSA) is 41.6 Å². The summed E-state index contributed by atoms with van der Waals surface area (Å²) in [6, 6.07) is 20.5. The van der Waals surface area contributed by atoms with Crippen molar-refractivity contribution < 1.29 is 9.53 Å². The minimum atomic E-state index is -0.245. The molecule has 1 saturated heterocycles. The third-order valence-electron chi connectivity index (χ3n) is 4.86. The molecule has 1 fully saturated rings. The first-order valence-electron chi connectivity index (χ1n) is 8.80. The van der Waals surface area contributed by atoms with Crippen LogP contribution in [0.5, 0.6) is 0 Å². The largest absolute Gasteiger partial charge is 0.444 e. The Kier molecular flexibility index (Phi) is 4.53. The van der Waals surface area contributed by atoms with E-state index in [9.17, 15) is 4.79 Å². The fourth-order valence-electron chi connectivity index (χ4n) is 3.60. The van der Waals surface area contributed by atoms with E-state index in [0.29, 0.717) is 12.6 Å². The van der Waals surface area contributed by atoms with Crippen LogP contribution < -0.4 is 10.2 Å². The van der Waals surface area contributed by atoms with Crippen molar-refractivity contribution in [3.63, 3.8) is 0 Å². The van der Waals surface area contributed by atoms with Gasteiger partial charge in [-0.3, -0.25) is 4.90 Å². The number of benzene rings is 2. The second-order valence-corrected chi connectivity index (χ2v) is 6.59. The minimum Gasteiger partial charge on any atom is -0.444 e. The maximum atomic E-state index is 12.2. The third-order valence-corrected chi connectivity index (χ3v) is 4.86. The number of nitrogens with zero attached hydrogens (tertiary/aromatic N) is 1. The van der Waals surface area contributed by atoms with E-state index in [1.165, 1.54) is 11.1 Å². The summed E-state index contributed by atoms with van der Waals surface area (Å²) in [4.78, 5) is 13.9. The van der Waals surface area contributed by atoms with Gasteiger partial charge in [-0.25, -0.2) is 4.79 Å². The molecule has 0 spiro atoms. The molecule has 2 aromatic carbocycles. The van der Waals surface area contributed by atoms with E-state index in [1.54, 1.807) is 4.90 Å². The fourth-order valence-corrected chi connectivity index (χ4v) is 3.60. The molecule has 0 aliphatic carbocycles. The first-order chi connectivity index (χ1) is 12.3. The third kappa shape index (κ3) is 3.59. The average molecular weight is 334 g/mol. The number of hydrogen-bond acceptors (Lipinski definition) is 3. The molecule has 4 rings (SSSR count).